The number of hydrogen-bond donors (Lipinski definition) is 1. The van der Waals surface area contributed by atoms with Crippen LogP contribution in [0.5, 0.6) is 0 Å². The molecule has 1 aromatic heterocycles. The van der Waals surface area contributed by atoms with Crippen LogP contribution in [-0.4, -0.2) is 59.1 Å². The molecule has 1 atom stereocenters. The Bertz CT molecular complexity index is 472. The highest BCUT2D eigenvalue weighted by Gasteiger charge is 2.38. The largest absolute Gasteiger partial charge is 0.481 e. The van der Waals surface area contributed by atoms with Gasteiger partial charge in [0.25, 0.3) is 0 Å². The standard InChI is InChI=1S/C14H20FN3O2/c1-14(9-13(19)20,12-4-3-11(15)10-16-12)18-7-5-17(2)6-8-18/h3-4,10H,5-9H2,1-2H3,(H,19,20). The van der Waals surface area contributed by atoms with Gasteiger partial charge in [-0.1, -0.05) is 0 Å². The fourth-order valence-corrected chi connectivity index (χ4v) is 2.65. The van der Waals surface area contributed by atoms with Gasteiger partial charge >= 0.3 is 5.97 Å². The molecule has 1 aliphatic rings. The van der Waals surface area contributed by atoms with Crippen LogP contribution < -0.4 is 0 Å². The number of pyridine rings is 1. The van der Waals surface area contributed by atoms with E-state index in [1.165, 1.54) is 6.07 Å². The van der Waals surface area contributed by atoms with Crippen LogP contribution in [0.4, 0.5) is 4.39 Å². The Kier molecular flexibility index (Phi) is 4.35. The molecule has 0 bridgehead atoms. The molecule has 0 radical (unpaired) electrons. The molecule has 20 heavy (non-hydrogen) atoms. The maximum absolute atomic E-state index is 13.0. The van der Waals surface area contributed by atoms with Gasteiger partial charge in [0.05, 0.1) is 23.9 Å². The minimum atomic E-state index is -0.877. The van der Waals surface area contributed by atoms with Gasteiger partial charge in [-0.2, -0.15) is 0 Å². The van der Waals surface area contributed by atoms with Crippen LogP contribution in [0.25, 0.3) is 0 Å². The number of rotatable bonds is 4. The fraction of sp³-hybridized carbons (Fsp3) is 0.571. The molecule has 0 saturated carbocycles. The molecule has 1 unspecified atom stereocenters. The van der Waals surface area contributed by atoms with E-state index in [1.54, 1.807) is 6.07 Å². The second kappa shape index (κ2) is 5.85. The van der Waals surface area contributed by atoms with Crippen LogP contribution >= 0.6 is 0 Å². The number of hydrogen-bond acceptors (Lipinski definition) is 4. The third-order valence-corrected chi connectivity index (χ3v) is 3.98. The summed E-state index contributed by atoms with van der Waals surface area (Å²) in [7, 11) is 2.04. The van der Waals surface area contributed by atoms with Crippen molar-refractivity contribution in [3.05, 3.63) is 29.8 Å². The van der Waals surface area contributed by atoms with E-state index in [4.69, 9.17) is 0 Å². The molecule has 0 amide bonds. The molecule has 6 heteroatoms. The normalized spacial score (nSPS) is 20.6. The van der Waals surface area contributed by atoms with Crippen LogP contribution in [0.3, 0.4) is 0 Å². The average molecular weight is 281 g/mol. The van der Waals surface area contributed by atoms with Crippen molar-refractivity contribution in [3.8, 4) is 0 Å². The van der Waals surface area contributed by atoms with E-state index in [0.29, 0.717) is 5.69 Å². The molecule has 0 spiro atoms. The summed E-state index contributed by atoms with van der Waals surface area (Å²) in [4.78, 5) is 19.7. The zero-order chi connectivity index (χ0) is 14.8. The van der Waals surface area contributed by atoms with Crippen molar-refractivity contribution in [1.82, 2.24) is 14.8 Å². The lowest BCUT2D eigenvalue weighted by molar-refractivity contribution is -0.141. The number of nitrogens with zero attached hydrogens (tertiary/aromatic N) is 3. The third-order valence-electron chi connectivity index (χ3n) is 3.98. The third kappa shape index (κ3) is 3.13. The van der Waals surface area contributed by atoms with Crippen LogP contribution in [-0.2, 0) is 10.3 Å². The molecule has 2 rings (SSSR count). The molecule has 1 aliphatic heterocycles. The van der Waals surface area contributed by atoms with E-state index in [2.05, 4.69) is 14.8 Å². The van der Waals surface area contributed by atoms with Gasteiger partial charge in [-0.25, -0.2) is 4.39 Å². The predicted octanol–water partition coefficient (Wildman–Crippen LogP) is 1.16. The first-order valence-electron chi connectivity index (χ1n) is 6.69. The summed E-state index contributed by atoms with van der Waals surface area (Å²) in [5, 5.41) is 9.21. The first-order valence-corrected chi connectivity index (χ1v) is 6.69. The Labute approximate surface area is 118 Å². The number of aliphatic carboxylic acids is 1. The van der Waals surface area contributed by atoms with Gasteiger partial charge in [-0.15, -0.1) is 0 Å². The second-order valence-electron chi connectivity index (χ2n) is 5.50. The van der Waals surface area contributed by atoms with Gasteiger partial charge in [-0.3, -0.25) is 14.7 Å². The summed E-state index contributed by atoms with van der Waals surface area (Å²) in [5.74, 6) is -1.29. The number of carboxylic acid groups (broad SMARTS) is 1. The number of piperazine rings is 1. The van der Waals surface area contributed by atoms with Crippen molar-refractivity contribution in [2.45, 2.75) is 18.9 Å². The smallest absolute Gasteiger partial charge is 0.305 e. The average Bonchev–Trinajstić information content (AvgIpc) is 2.39. The van der Waals surface area contributed by atoms with Crippen molar-refractivity contribution in [1.29, 1.82) is 0 Å². The van der Waals surface area contributed by atoms with Crippen LogP contribution in [0.15, 0.2) is 18.3 Å². The molecule has 1 aromatic rings. The van der Waals surface area contributed by atoms with E-state index >= 15 is 0 Å². The van der Waals surface area contributed by atoms with Crippen LogP contribution in [0, 0.1) is 5.82 Å². The maximum Gasteiger partial charge on any atom is 0.305 e. The van der Waals surface area contributed by atoms with Crippen molar-refractivity contribution >= 4 is 5.97 Å². The molecule has 110 valence electrons. The maximum atomic E-state index is 13.0. The number of likely N-dealkylation sites (N-methyl/N-ethyl adjacent to an activating group) is 1. The topological polar surface area (TPSA) is 56.7 Å². The molecule has 5 nitrogen and oxygen atoms in total. The molecule has 1 saturated heterocycles. The molecule has 0 aromatic carbocycles. The number of aromatic nitrogens is 1. The van der Waals surface area contributed by atoms with Crippen LogP contribution in [0.2, 0.25) is 0 Å². The van der Waals surface area contributed by atoms with Crippen molar-refractivity contribution in [2.24, 2.45) is 0 Å². The van der Waals surface area contributed by atoms with Crippen molar-refractivity contribution in [2.75, 3.05) is 33.2 Å². The summed E-state index contributed by atoms with van der Waals surface area (Å²) in [6.45, 7) is 5.19. The summed E-state index contributed by atoms with van der Waals surface area (Å²) in [6.07, 6.45) is 1.10. The van der Waals surface area contributed by atoms with Gasteiger partial charge in [0.1, 0.15) is 5.82 Å². The highest BCUT2D eigenvalue weighted by atomic mass is 19.1. The first-order chi connectivity index (χ1) is 9.41. The zero-order valence-corrected chi connectivity index (χ0v) is 11.8. The summed E-state index contributed by atoms with van der Waals surface area (Å²) >= 11 is 0. The first kappa shape index (κ1) is 14.9. The van der Waals surface area contributed by atoms with Crippen LogP contribution in [0.1, 0.15) is 19.0 Å². The van der Waals surface area contributed by atoms with Gasteiger partial charge < -0.3 is 10.0 Å². The minimum absolute atomic E-state index is 0.0463. The number of carboxylic acids is 1. The highest BCUT2D eigenvalue weighted by molar-refractivity contribution is 5.68. The van der Waals surface area contributed by atoms with E-state index in [0.717, 1.165) is 32.4 Å². The number of carbonyl (C=O) groups is 1. The highest BCUT2D eigenvalue weighted by Crippen LogP contribution is 2.31. The Morgan fingerprint density at radius 1 is 1.40 bits per heavy atom. The summed E-state index contributed by atoms with van der Waals surface area (Å²) in [6, 6.07) is 2.91. The summed E-state index contributed by atoms with van der Waals surface area (Å²) < 4.78 is 13.0. The monoisotopic (exact) mass is 281 g/mol. The molecular weight excluding hydrogens is 261 g/mol. The van der Waals surface area contributed by atoms with E-state index < -0.39 is 17.3 Å². The number of halogens is 1. The minimum Gasteiger partial charge on any atom is -0.481 e. The quantitative estimate of drug-likeness (QED) is 0.897. The van der Waals surface area contributed by atoms with Gasteiger partial charge in [0, 0.05) is 26.2 Å². The van der Waals surface area contributed by atoms with Crippen molar-refractivity contribution < 1.29 is 14.3 Å². The van der Waals surface area contributed by atoms with E-state index in [-0.39, 0.29) is 6.42 Å². The lowest BCUT2D eigenvalue weighted by atomic mass is 9.90. The Morgan fingerprint density at radius 3 is 2.55 bits per heavy atom. The Morgan fingerprint density at radius 2 is 2.05 bits per heavy atom. The molecule has 2 heterocycles. The Hall–Kier alpha value is -1.53. The predicted molar refractivity (Wildman–Crippen MR) is 72.9 cm³/mol. The Balaban J connectivity index is 2.29. The van der Waals surface area contributed by atoms with E-state index in [9.17, 15) is 14.3 Å². The molecule has 0 aliphatic carbocycles. The molecular formula is C14H20FN3O2. The lowest BCUT2D eigenvalue weighted by Gasteiger charge is -2.44. The van der Waals surface area contributed by atoms with Crippen molar-refractivity contribution in [3.63, 3.8) is 0 Å². The molecule has 1 fully saturated rings. The summed E-state index contributed by atoms with van der Waals surface area (Å²) in [5.41, 5.74) is -0.105. The molecule has 1 N–H and O–H groups in total. The van der Waals surface area contributed by atoms with Gasteiger partial charge in [0.15, 0.2) is 0 Å². The van der Waals surface area contributed by atoms with Gasteiger partial charge in [0.2, 0.25) is 0 Å². The lowest BCUT2D eigenvalue weighted by Crippen LogP contribution is -2.54. The zero-order valence-electron chi connectivity index (χ0n) is 11.8. The SMILES string of the molecule is CN1CCN(C(C)(CC(=O)O)c2ccc(F)cn2)CC1. The second-order valence-corrected chi connectivity index (χ2v) is 5.50. The van der Waals surface area contributed by atoms with Gasteiger partial charge in [-0.05, 0) is 26.1 Å². The fourth-order valence-electron chi connectivity index (χ4n) is 2.65. The van der Waals surface area contributed by atoms with E-state index in [1.807, 2.05) is 14.0 Å².